The Bertz CT molecular complexity index is 1210. The zero-order valence-corrected chi connectivity index (χ0v) is 19.7. The summed E-state index contributed by atoms with van der Waals surface area (Å²) in [6, 6.07) is 17.6. The normalized spacial score (nSPS) is 11.2. The fourth-order valence-corrected chi connectivity index (χ4v) is 4.74. The second-order valence-corrected chi connectivity index (χ2v) is 9.59. The maximum Gasteiger partial charge on any atom is 0.264 e. The van der Waals surface area contributed by atoms with Crippen molar-refractivity contribution in [2.24, 2.45) is 0 Å². The van der Waals surface area contributed by atoms with Gasteiger partial charge in [0.1, 0.15) is 18.1 Å². The molecule has 0 aliphatic rings. The van der Waals surface area contributed by atoms with Crippen molar-refractivity contribution in [2.75, 3.05) is 24.5 Å². The van der Waals surface area contributed by atoms with E-state index in [0.717, 1.165) is 21.0 Å². The summed E-state index contributed by atoms with van der Waals surface area (Å²) in [4.78, 5) is 12.8. The predicted molar refractivity (Wildman–Crippen MR) is 127 cm³/mol. The minimum Gasteiger partial charge on any atom is -0.495 e. The summed E-state index contributed by atoms with van der Waals surface area (Å²) in [5.41, 5.74) is 2.90. The number of nitrogens with zero attached hydrogens (tertiary/aromatic N) is 1. The third-order valence-electron chi connectivity index (χ3n) is 5.15. The van der Waals surface area contributed by atoms with Gasteiger partial charge in [-0.05, 0) is 67.8 Å². The van der Waals surface area contributed by atoms with Crippen LogP contribution in [0.2, 0.25) is 0 Å². The van der Waals surface area contributed by atoms with E-state index in [9.17, 15) is 17.6 Å². The Morgan fingerprint density at radius 3 is 2.24 bits per heavy atom. The monoisotopic (exact) mass is 470 g/mol. The summed E-state index contributed by atoms with van der Waals surface area (Å²) < 4.78 is 46.6. The van der Waals surface area contributed by atoms with Crippen LogP contribution >= 0.6 is 0 Å². The molecule has 33 heavy (non-hydrogen) atoms. The molecule has 6 nitrogen and oxygen atoms in total. The number of aryl methyl sites for hydroxylation is 2. The van der Waals surface area contributed by atoms with Gasteiger partial charge in [0.2, 0.25) is 5.91 Å². The van der Waals surface area contributed by atoms with Crippen molar-refractivity contribution in [3.63, 3.8) is 0 Å². The van der Waals surface area contributed by atoms with Crippen LogP contribution < -0.4 is 14.4 Å². The summed E-state index contributed by atoms with van der Waals surface area (Å²) >= 11 is 0. The van der Waals surface area contributed by atoms with Gasteiger partial charge in [-0.15, -0.1) is 0 Å². The van der Waals surface area contributed by atoms with Crippen molar-refractivity contribution in [1.29, 1.82) is 0 Å². The SMILES string of the molecule is COc1ccc(C)cc1N(CC(=O)NCCc1ccc(F)cc1)S(=O)(=O)c1ccc(C)cc1. The van der Waals surface area contributed by atoms with Crippen LogP contribution in [0.1, 0.15) is 16.7 Å². The lowest BCUT2D eigenvalue weighted by atomic mass is 10.1. The molecule has 0 saturated carbocycles. The molecule has 0 bridgehead atoms. The second-order valence-electron chi connectivity index (χ2n) is 7.73. The van der Waals surface area contributed by atoms with Crippen LogP contribution in [0.15, 0.2) is 71.6 Å². The van der Waals surface area contributed by atoms with Gasteiger partial charge in [0.15, 0.2) is 0 Å². The number of nitrogens with one attached hydrogen (secondary N) is 1. The maximum atomic E-state index is 13.5. The molecule has 0 aromatic heterocycles. The van der Waals surface area contributed by atoms with Crippen LogP contribution in [0.3, 0.4) is 0 Å². The molecule has 0 aliphatic carbocycles. The molecule has 3 aromatic rings. The molecular formula is C25H27FN2O4S. The smallest absolute Gasteiger partial charge is 0.264 e. The van der Waals surface area contributed by atoms with Gasteiger partial charge in [-0.2, -0.15) is 0 Å². The molecule has 174 valence electrons. The molecule has 0 unspecified atom stereocenters. The standard InChI is InChI=1S/C25H27FN2O4S/c1-18-4-11-22(12-5-18)33(30,31)28(23-16-19(2)6-13-24(23)32-3)17-25(29)27-15-14-20-7-9-21(26)10-8-20/h4-13,16H,14-15,17H2,1-3H3,(H,27,29). The Labute approximate surface area is 194 Å². The summed E-state index contributed by atoms with van der Waals surface area (Å²) in [7, 11) is -2.59. The van der Waals surface area contributed by atoms with Crippen LogP contribution in [0.5, 0.6) is 5.75 Å². The van der Waals surface area contributed by atoms with E-state index < -0.39 is 22.5 Å². The number of sulfonamides is 1. The highest BCUT2D eigenvalue weighted by Gasteiger charge is 2.29. The van der Waals surface area contributed by atoms with Crippen LogP contribution in [0.25, 0.3) is 0 Å². The largest absolute Gasteiger partial charge is 0.495 e. The average Bonchev–Trinajstić information content (AvgIpc) is 2.79. The number of ether oxygens (including phenoxy) is 1. The quantitative estimate of drug-likeness (QED) is 0.513. The highest BCUT2D eigenvalue weighted by molar-refractivity contribution is 7.92. The summed E-state index contributed by atoms with van der Waals surface area (Å²) in [5, 5.41) is 2.75. The van der Waals surface area contributed by atoms with Gasteiger partial charge in [0.25, 0.3) is 10.0 Å². The summed E-state index contributed by atoms with van der Waals surface area (Å²) in [5.74, 6) is -0.446. The molecular weight excluding hydrogens is 443 g/mol. The first-order valence-corrected chi connectivity index (χ1v) is 11.9. The Morgan fingerprint density at radius 2 is 1.61 bits per heavy atom. The van der Waals surface area contributed by atoms with Crippen LogP contribution in [0, 0.1) is 19.7 Å². The third kappa shape index (κ3) is 6.10. The van der Waals surface area contributed by atoms with E-state index in [-0.39, 0.29) is 22.9 Å². The van der Waals surface area contributed by atoms with Gasteiger partial charge in [-0.1, -0.05) is 35.9 Å². The lowest BCUT2D eigenvalue weighted by Gasteiger charge is -2.26. The molecule has 0 radical (unpaired) electrons. The zero-order valence-electron chi connectivity index (χ0n) is 18.8. The number of halogens is 1. The highest BCUT2D eigenvalue weighted by atomic mass is 32.2. The number of benzene rings is 3. The molecule has 8 heteroatoms. The minimum atomic E-state index is -4.05. The average molecular weight is 471 g/mol. The number of amides is 1. The van der Waals surface area contributed by atoms with E-state index in [1.54, 1.807) is 36.4 Å². The summed E-state index contributed by atoms with van der Waals surface area (Å²) in [6.45, 7) is 3.57. The van der Waals surface area contributed by atoms with Gasteiger partial charge in [0.05, 0.1) is 17.7 Å². The molecule has 0 saturated heterocycles. The topological polar surface area (TPSA) is 75.7 Å². The lowest BCUT2D eigenvalue weighted by Crippen LogP contribution is -2.41. The number of carbonyl (C=O) groups excluding carboxylic acids is 1. The van der Waals surface area contributed by atoms with Gasteiger partial charge < -0.3 is 10.1 Å². The van der Waals surface area contributed by atoms with Crippen molar-refractivity contribution in [3.05, 3.63) is 89.2 Å². The zero-order chi connectivity index (χ0) is 24.0. The van der Waals surface area contributed by atoms with Gasteiger partial charge in [-0.3, -0.25) is 9.10 Å². The van der Waals surface area contributed by atoms with Crippen LogP contribution in [-0.2, 0) is 21.2 Å². The predicted octanol–water partition coefficient (Wildman–Crippen LogP) is 4.01. The third-order valence-corrected chi connectivity index (χ3v) is 6.92. The lowest BCUT2D eigenvalue weighted by molar-refractivity contribution is -0.119. The molecule has 0 heterocycles. The molecule has 0 aliphatic heterocycles. The van der Waals surface area contributed by atoms with Crippen molar-refractivity contribution < 1.29 is 22.3 Å². The van der Waals surface area contributed by atoms with E-state index in [1.807, 2.05) is 19.9 Å². The Balaban J connectivity index is 1.85. The van der Waals surface area contributed by atoms with Gasteiger partial charge in [0, 0.05) is 6.54 Å². The van der Waals surface area contributed by atoms with E-state index in [2.05, 4.69) is 5.32 Å². The maximum absolute atomic E-state index is 13.5. The number of methoxy groups -OCH3 is 1. The number of anilines is 1. The molecule has 3 rings (SSSR count). The molecule has 0 spiro atoms. The number of hydrogen-bond donors (Lipinski definition) is 1. The number of carbonyl (C=O) groups is 1. The van der Waals surface area contributed by atoms with Crippen molar-refractivity contribution >= 4 is 21.6 Å². The van der Waals surface area contributed by atoms with E-state index >= 15 is 0 Å². The molecule has 3 aromatic carbocycles. The first-order chi connectivity index (χ1) is 15.7. The van der Waals surface area contributed by atoms with E-state index in [1.165, 1.54) is 31.4 Å². The molecule has 1 amide bonds. The molecule has 0 atom stereocenters. The van der Waals surface area contributed by atoms with Crippen LogP contribution in [0.4, 0.5) is 10.1 Å². The first kappa shape index (κ1) is 24.3. The van der Waals surface area contributed by atoms with Crippen molar-refractivity contribution in [1.82, 2.24) is 5.32 Å². The van der Waals surface area contributed by atoms with Gasteiger partial charge >= 0.3 is 0 Å². The minimum absolute atomic E-state index is 0.0794. The number of hydrogen-bond acceptors (Lipinski definition) is 4. The van der Waals surface area contributed by atoms with E-state index in [4.69, 9.17) is 4.74 Å². The highest BCUT2D eigenvalue weighted by Crippen LogP contribution is 2.33. The van der Waals surface area contributed by atoms with Crippen molar-refractivity contribution in [3.8, 4) is 5.75 Å². The second kappa shape index (κ2) is 10.5. The Morgan fingerprint density at radius 1 is 0.970 bits per heavy atom. The van der Waals surface area contributed by atoms with Gasteiger partial charge in [-0.25, -0.2) is 12.8 Å². The number of rotatable bonds is 9. The Hall–Kier alpha value is -3.39. The summed E-state index contributed by atoms with van der Waals surface area (Å²) in [6.07, 6.45) is 0.491. The Kier molecular flexibility index (Phi) is 7.71. The molecule has 1 N–H and O–H groups in total. The fourth-order valence-electron chi connectivity index (χ4n) is 3.32. The first-order valence-electron chi connectivity index (χ1n) is 10.5. The van der Waals surface area contributed by atoms with E-state index in [0.29, 0.717) is 12.2 Å². The molecule has 0 fully saturated rings. The fraction of sp³-hybridized carbons (Fsp3) is 0.240. The van der Waals surface area contributed by atoms with Crippen molar-refractivity contribution in [2.45, 2.75) is 25.2 Å². The van der Waals surface area contributed by atoms with Crippen LogP contribution in [-0.4, -0.2) is 34.5 Å².